The predicted molar refractivity (Wildman–Crippen MR) is 70.5 cm³/mol. The molecule has 2 heterocycles. The van der Waals surface area contributed by atoms with E-state index in [1.807, 2.05) is 22.7 Å². The quantitative estimate of drug-likeness (QED) is 0.876. The molecule has 5 heteroatoms. The first-order chi connectivity index (χ1) is 8.52. The van der Waals surface area contributed by atoms with Gasteiger partial charge >= 0.3 is 0 Å². The lowest BCUT2D eigenvalue weighted by Crippen LogP contribution is -2.32. The van der Waals surface area contributed by atoms with Crippen LogP contribution in [-0.2, 0) is 6.54 Å². The molecule has 18 heavy (non-hydrogen) atoms. The van der Waals surface area contributed by atoms with Crippen molar-refractivity contribution in [3.8, 4) is 0 Å². The zero-order valence-corrected chi connectivity index (χ0v) is 11.4. The maximum absolute atomic E-state index is 12.5. The molecular weight excluding hydrogens is 228 g/mol. The molecule has 5 nitrogen and oxygen atoms in total. The molecule has 1 amide bonds. The molecule has 0 aromatic carbocycles. The molecule has 2 rings (SSSR count). The lowest BCUT2D eigenvalue weighted by atomic mass is 10.1. The van der Waals surface area contributed by atoms with Crippen LogP contribution in [0.15, 0.2) is 6.20 Å². The summed E-state index contributed by atoms with van der Waals surface area (Å²) < 4.78 is 1.83. The summed E-state index contributed by atoms with van der Waals surface area (Å²) in [6, 6.07) is 0.123. The SMILES string of the molecule is CCn1cc(C(=O)N2CCC(N)C2)c(C(C)C)n1. The Kier molecular flexibility index (Phi) is 3.71. The summed E-state index contributed by atoms with van der Waals surface area (Å²) in [7, 11) is 0. The van der Waals surface area contributed by atoms with Gasteiger partial charge in [-0.15, -0.1) is 0 Å². The van der Waals surface area contributed by atoms with Crippen molar-refractivity contribution in [2.45, 2.75) is 45.7 Å². The molecule has 1 atom stereocenters. The molecule has 100 valence electrons. The maximum atomic E-state index is 12.5. The third-order valence-electron chi connectivity index (χ3n) is 3.40. The summed E-state index contributed by atoms with van der Waals surface area (Å²) in [6.07, 6.45) is 2.76. The number of amides is 1. The Bertz CT molecular complexity index is 438. The first-order valence-electron chi connectivity index (χ1n) is 6.65. The third-order valence-corrected chi connectivity index (χ3v) is 3.40. The molecule has 1 aliphatic rings. The van der Waals surface area contributed by atoms with Crippen molar-refractivity contribution in [2.75, 3.05) is 13.1 Å². The zero-order chi connectivity index (χ0) is 13.3. The van der Waals surface area contributed by atoms with Crippen LogP contribution in [0.2, 0.25) is 0 Å². The molecule has 1 aromatic rings. The van der Waals surface area contributed by atoms with Gasteiger partial charge in [0.15, 0.2) is 0 Å². The van der Waals surface area contributed by atoms with Crippen LogP contribution in [0.3, 0.4) is 0 Å². The number of aromatic nitrogens is 2. The lowest BCUT2D eigenvalue weighted by molar-refractivity contribution is 0.0789. The molecule has 0 bridgehead atoms. The minimum Gasteiger partial charge on any atom is -0.337 e. The second kappa shape index (κ2) is 5.10. The molecule has 1 saturated heterocycles. The topological polar surface area (TPSA) is 64.2 Å². The summed E-state index contributed by atoms with van der Waals surface area (Å²) in [4.78, 5) is 14.3. The summed E-state index contributed by atoms with van der Waals surface area (Å²) in [6.45, 7) is 8.36. The van der Waals surface area contributed by atoms with Gasteiger partial charge in [-0.2, -0.15) is 5.10 Å². The van der Waals surface area contributed by atoms with Gasteiger partial charge in [-0.25, -0.2) is 0 Å². The number of carbonyl (C=O) groups excluding carboxylic acids is 1. The summed E-state index contributed by atoms with van der Waals surface area (Å²) in [5, 5.41) is 4.48. The zero-order valence-electron chi connectivity index (χ0n) is 11.4. The summed E-state index contributed by atoms with van der Waals surface area (Å²) in [5.74, 6) is 0.333. The van der Waals surface area contributed by atoms with Crippen LogP contribution < -0.4 is 5.73 Å². The average molecular weight is 250 g/mol. The van der Waals surface area contributed by atoms with Gasteiger partial charge in [0.1, 0.15) is 0 Å². The van der Waals surface area contributed by atoms with Gasteiger partial charge in [0.05, 0.1) is 11.3 Å². The Balaban J connectivity index is 2.26. The van der Waals surface area contributed by atoms with E-state index in [0.717, 1.165) is 30.8 Å². The number of rotatable bonds is 3. The molecule has 0 radical (unpaired) electrons. The second-order valence-corrected chi connectivity index (χ2v) is 5.24. The Labute approximate surface area is 108 Å². The highest BCUT2D eigenvalue weighted by Gasteiger charge is 2.28. The standard InChI is InChI=1S/C13H22N4O/c1-4-17-8-11(12(15-17)9(2)3)13(18)16-6-5-10(14)7-16/h8-10H,4-7,14H2,1-3H3. The molecule has 2 N–H and O–H groups in total. The summed E-state index contributed by atoms with van der Waals surface area (Å²) >= 11 is 0. The van der Waals surface area contributed by atoms with Crippen molar-refractivity contribution in [1.29, 1.82) is 0 Å². The molecule has 1 fully saturated rings. The number of likely N-dealkylation sites (tertiary alicyclic amines) is 1. The van der Waals surface area contributed by atoms with Gasteiger partial charge in [-0.05, 0) is 19.3 Å². The minimum absolute atomic E-state index is 0.0753. The van der Waals surface area contributed by atoms with Crippen LogP contribution in [0, 0.1) is 0 Å². The summed E-state index contributed by atoms with van der Waals surface area (Å²) in [5.41, 5.74) is 7.48. The predicted octanol–water partition coefficient (Wildman–Crippen LogP) is 1.20. The normalized spacial score (nSPS) is 19.8. The van der Waals surface area contributed by atoms with Crippen molar-refractivity contribution in [2.24, 2.45) is 5.73 Å². The van der Waals surface area contributed by atoms with E-state index in [4.69, 9.17) is 5.73 Å². The third kappa shape index (κ3) is 2.41. The van der Waals surface area contributed by atoms with E-state index in [9.17, 15) is 4.79 Å². The number of aryl methyl sites for hydroxylation is 1. The number of hydrogen-bond donors (Lipinski definition) is 1. The molecule has 1 aliphatic heterocycles. The van der Waals surface area contributed by atoms with Gasteiger partial charge in [0.2, 0.25) is 0 Å². The van der Waals surface area contributed by atoms with Gasteiger partial charge < -0.3 is 10.6 Å². The monoisotopic (exact) mass is 250 g/mol. The number of nitrogens with zero attached hydrogens (tertiary/aromatic N) is 3. The van der Waals surface area contributed by atoms with Crippen molar-refractivity contribution >= 4 is 5.91 Å². The van der Waals surface area contributed by atoms with E-state index >= 15 is 0 Å². The van der Waals surface area contributed by atoms with Gasteiger partial charge in [-0.1, -0.05) is 13.8 Å². The van der Waals surface area contributed by atoms with E-state index < -0.39 is 0 Å². The molecular formula is C13H22N4O. The fourth-order valence-electron chi connectivity index (χ4n) is 2.33. The Hall–Kier alpha value is -1.36. The van der Waals surface area contributed by atoms with Crippen LogP contribution in [0.25, 0.3) is 0 Å². The van der Waals surface area contributed by atoms with Gasteiger partial charge in [0.25, 0.3) is 5.91 Å². The van der Waals surface area contributed by atoms with Crippen LogP contribution >= 0.6 is 0 Å². The largest absolute Gasteiger partial charge is 0.337 e. The maximum Gasteiger partial charge on any atom is 0.257 e. The highest BCUT2D eigenvalue weighted by molar-refractivity contribution is 5.95. The van der Waals surface area contributed by atoms with Crippen molar-refractivity contribution in [1.82, 2.24) is 14.7 Å². The second-order valence-electron chi connectivity index (χ2n) is 5.24. The number of carbonyl (C=O) groups is 1. The van der Waals surface area contributed by atoms with Gasteiger partial charge in [0, 0.05) is 31.9 Å². The highest BCUT2D eigenvalue weighted by Crippen LogP contribution is 2.21. The molecule has 1 unspecified atom stereocenters. The van der Waals surface area contributed by atoms with E-state index in [-0.39, 0.29) is 17.9 Å². The number of hydrogen-bond acceptors (Lipinski definition) is 3. The minimum atomic E-state index is 0.0753. The highest BCUT2D eigenvalue weighted by atomic mass is 16.2. The lowest BCUT2D eigenvalue weighted by Gasteiger charge is -2.16. The number of nitrogens with two attached hydrogens (primary N) is 1. The molecule has 0 aliphatic carbocycles. The van der Waals surface area contributed by atoms with E-state index in [0.29, 0.717) is 6.54 Å². The Morgan fingerprint density at radius 1 is 1.61 bits per heavy atom. The van der Waals surface area contributed by atoms with E-state index in [2.05, 4.69) is 18.9 Å². The van der Waals surface area contributed by atoms with Crippen molar-refractivity contribution < 1.29 is 4.79 Å². The van der Waals surface area contributed by atoms with E-state index in [1.54, 1.807) is 0 Å². The van der Waals surface area contributed by atoms with Gasteiger partial charge in [-0.3, -0.25) is 9.48 Å². The smallest absolute Gasteiger partial charge is 0.257 e. The Morgan fingerprint density at radius 3 is 2.83 bits per heavy atom. The molecule has 0 saturated carbocycles. The first-order valence-corrected chi connectivity index (χ1v) is 6.65. The fraction of sp³-hybridized carbons (Fsp3) is 0.692. The molecule has 0 spiro atoms. The van der Waals surface area contributed by atoms with Crippen LogP contribution in [0.4, 0.5) is 0 Å². The van der Waals surface area contributed by atoms with Crippen LogP contribution in [-0.4, -0.2) is 39.7 Å². The fourth-order valence-corrected chi connectivity index (χ4v) is 2.33. The Morgan fingerprint density at radius 2 is 2.33 bits per heavy atom. The van der Waals surface area contributed by atoms with Crippen molar-refractivity contribution in [3.05, 3.63) is 17.5 Å². The average Bonchev–Trinajstić information content (AvgIpc) is 2.93. The first kappa shape index (κ1) is 13.1. The van der Waals surface area contributed by atoms with Crippen LogP contribution in [0.5, 0.6) is 0 Å². The van der Waals surface area contributed by atoms with Crippen molar-refractivity contribution in [3.63, 3.8) is 0 Å². The molecule has 1 aromatic heterocycles. The van der Waals surface area contributed by atoms with Crippen LogP contribution in [0.1, 0.15) is 49.2 Å². The van der Waals surface area contributed by atoms with E-state index in [1.165, 1.54) is 0 Å².